The normalized spacial score (nSPS) is 27.5. The van der Waals surface area contributed by atoms with E-state index in [1.54, 1.807) is 6.08 Å². The summed E-state index contributed by atoms with van der Waals surface area (Å²) in [5, 5.41) is 0. The van der Waals surface area contributed by atoms with Crippen LogP contribution in [0.5, 0.6) is 0 Å². The van der Waals surface area contributed by atoms with Crippen molar-refractivity contribution in [3.63, 3.8) is 0 Å². The third-order valence-electron chi connectivity index (χ3n) is 4.50. The third-order valence-corrected chi connectivity index (χ3v) is 4.50. The fraction of sp³-hybridized carbons (Fsp3) is 0.111. The van der Waals surface area contributed by atoms with Gasteiger partial charge in [-0.1, -0.05) is 18.2 Å². The maximum Gasteiger partial charge on any atom is 0.339 e. The molecule has 4 nitrogen and oxygen atoms in total. The molecule has 0 spiro atoms. The molecule has 5 rings (SSSR count). The molecule has 0 N–H and O–H groups in total. The van der Waals surface area contributed by atoms with E-state index in [0.717, 1.165) is 29.0 Å². The molecule has 0 saturated heterocycles. The third kappa shape index (κ3) is 1.32. The standard InChI is InChI=1S/C18H11NO3/c20-14-6-5-11-15(14)13-9-10-3-1-7-19-8-2-4-12(16(10)19)17(13)22-18(11)21/h1-6,8-9,17H,7H2. The zero-order valence-corrected chi connectivity index (χ0v) is 11.6. The predicted molar refractivity (Wildman–Crippen MR) is 79.2 cm³/mol. The van der Waals surface area contributed by atoms with Crippen LogP contribution in [0.15, 0.2) is 82.3 Å². The van der Waals surface area contributed by atoms with Crippen LogP contribution in [0.4, 0.5) is 0 Å². The molecular weight excluding hydrogens is 278 g/mol. The van der Waals surface area contributed by atoms with Crippen LogP contribution in [-0.2, 0) is 14.3 Å². The van der Waals surface area contributed by atoms with Gasteiger partial charge in [0.25, 0.3) is 0 Å². The van der Waals surface area contributed by atoms with Gasteiger partial charge in [0.15, 0.2) is 11.9 Å². The van der Waals surface area contributed by atoms with E-state index >= 15 is 0 Å². The van der Waals surface area contributed by atoms with Crippen molar-refractivity contribution < 1.29 is 14.3 Å². The molecule has 5 aliphatic rings. The summed E-state index contributed by atoms with van der Waals surface area (Å²) in [4.78, 5) is 26.5. The monoisotopic (exact) mass is 289 g/mol. The van der Waals surface area contributed by atoms with Crippen molar-refractivity contribution in [3.8, 4) is 0 Å². The fourth-order valence-corrected chi connectivity index (χ4v) is 3.59. The van der Waals surface area contributed by atoms with E-state index in [1.165, 1.54) is 6.08 Å². The van der Waals surface area contributed by atoms with Crippen molar-refractivity contribution in [2.24, 2.45) is 0 Å². The number of ether oxygens (including phenoxy) is 1. The van der Waals surface area contributed by atoms with Gasteiger partial charge in [0.2, 0.25) is 0 Å². The van der Waals surface area contributed by atoms with Crippen molar-refractivity contribution in [1.29, 1.82) is 0 Å². The summed E-state index contributed by atoms with van der Waals surface area (Å²) >= 11 is 0. The van der Waals surface area contributed by atoms with E-state index in [2.05, 4.69) is 17.1 Å². The highest BCUT2D eigenvalue weighted by Crippen LogP contribution is 2.44. The number of esters is 1. The van der Waals surface area contributed by atoms with Crippen LogP contribution in [0.25, 0.3) is 0 Å². The molecule has 0 amide bonds. The average Bonchev–Trinajstić information content (AvgIpc) is 2.92. The molecule has 0 radical (unpaired) electrons. The number of carbonyl (C=O) groups is 2. The molecule has 106 valence electrons. The minimum Gasteiger partial charge on any atom is -0.449 e. The Bertz CT molecular complexity index is 874. The van der Waals surface area contributed by atoms with Crippen molar-refractivity contribution in [2.75, 3.05) is 6.54 Å². The van der Waals surface area contributed by atoms with E-state index in [9.17, 15) is 9.59 Å². The average molecular weight is 289 g/mol. The summed E-state index contributed by atoms with van der Waals surface area (Å²) in [6, 6.07) is 0. The summed E-state index contributed by atoms with van der Waals surface area (Å²) in [5.74, 6) is -0.535. The quantitative estimate of drug-likeness (QED) is 0.639. The van der Waals surface area contributed by atoms with Crippen LogP contribution >= 0.6 is 0 Å². The lowest BCUT2D eigenvalue weighted by atomic mass is 9.80. The first-order valence-electron chi connectivity index (χ1n) is 7.20. The molecule has 0 bridgehead atoms. The first kappa shape index (κ1) is 11.7. The largest absolute Gasteiger partial charge is 0.449 e. The van der Waals surface area contributed by atoms with Crippen LogP contribution in [-0.4, -0.2) is 29.3 Å². The molecule has 1 atom stereocenters. The molecule has 3 aliphatic heterocycles. The fourth-order valence-electron chi connectivity index (χ4n) is 3.59. The molecular formula is C18H11NO3. The van der Waals surface area contributed by atoms with Crippen LogP contribution in [0.2, 0.25) is 0 Å². The number of ketones is 1. The van der Waals surface area contributed by atoms with Gasteiger partial charge in [-0.15, -0.1) is 0 Å². The summed E-state index contributed by atoms with van der Waals surface area (Å²) < 4.78 is 5.63. The second-order valence-electron chi connectivity index (χ2n) is 5.69. The van der Waals surface area contributed by atoms with Crippen molar-refractivity contribution in [1.82, 2.24) is 4.90 Å². The number of rotatable bonds is 0. The SMILES string of the molecule is O=C1C=CC2=C1C1=CC3=C4C(=CC=CN4CC=C3)C1OC2=O. The van der Waals surface area contributed by atoms with Gasteiger partial charge in [0.1, 0.15) is 0 Å². The molecule has 3 heterocycles. The maximum atomic E-state index is 12.2. The van der Waals surface area contributed by atoms with Gasteiger partial charge < -0.3 is 9.64 Å². The van der Waals surface area contributed by atoms with E-state index in [0.29, 0.717) is 11.1 Å². The Kier molecular flexibility index (Phi) is 2.06. The second-order valence-corrected chi connectivity index (χ2v) is 5.69. The van der Waals surface area contributed by atoms with E-state index < -0.39 is 12.1 Å². The molecule has 0 aromatic carbocycles. The molecule has 1 unspecified atom stereocenters. The molecule has 0 aromatic rings. The maximum absolute atomic E-state index is 12.2. The lowest BCUT2D eigenvalue weighted by molar-refractivity contribution is -0.142. The molecule has 2 aliphatic carbocycles. The first-order valence-corrected chi connectivity index (χ1v) is 7.20. The first-order chi connectivity index (χ1) is 10.7. The molecule has 0 fully saturated rings. The molecule has 22 heavy (non-hydrogen) atoms. The highest BCUT2D eigenvalue weighted by Gasteiger charge is 2.43. The van der Waals surface area contributed by atoms with Crippen LogP contribution in [0.1, 0.15) is 0 Å². The minimum atomic E-state index is -0.493. The van der Waals surface area contributed by atoms with E-state index in [1.807, 2.05) is 24.4 Å². The zero-order chi connectivity index (χ0) is 14.8. The summed E-state index contributed by atoms with van der Waals surface area (Å²) in [6.45, 7) is 0.797. The Morgan fingerprint density at radius 2 is 2.05 bits per heavy atom. The van der Waals surface area contributed by atoms with Gasteiger partial charge in [-0.3, -0.25) is 4.79 Å². The van der Waals surface area contributed by atoms with Gasteiger partial charge in [-0.05, 0) is 29.9 Å². The topological polar surface area (TPSA) is 46.6 Å². The number of nitrogens with zero attached hydrogens (tertiary/aromatic N) is 1. The zero-order valence-electron chi connectivity index (χ0n) is 11.6. The number of hydrogen-bond acceptors (Lipinski definition) is 4. The van der Waals surface area contributed by atoms with E-state index in [4.69, 9.17) is 4.74 Å². The number of carbonyl (C=O) groups excluding carboxylic acids is 2. The Hall–Kier alpha value is -2.88. The Balaban J connectivity index is 1.78. The highest BCUT2D eigenvalue weighted by molar-refractivity contribution is 6.19. The summed E-state index contributed by atoms with van der Waals surface area (Å²) in [5.41, 5.74) is 4.72. The molecule has 0 aromatic heterocycles. The molecule has 4 heteroatoms. The van der Waals surface area contributed by atoms with Gasteiger partial charge in [0, 0.05) is 29.5 Å². The highest BCUT2D eigenvalue weighted by atomic mass is 16.5. The second kappa shape index (κ2) is 3.85. The van der Waals surface area contributed by atoms with Gasteiger partial charge >= 0.3 is 5.97 Å². The lowest BCUT2D eigenvalue weighted by Crippen LogP contribution is -2.38. The molecule has 0 saturated carbocycles. The van der Waals surface area contributed by atoms with E-state index in [-0.39, 0.29) is 5.78 Å². The summed E-state index contributed by atoms with van der Waals surface area (Å²) in [7, 11) is 0. The Morgan fingerprint density at radius 1 is 1.14 bits per heavy atom. The van der Waals surface area contributed by atoms with Gasteiger partial charge in [-0.25, -0.2) is 4.79 Å². The minimum absolute atomic E-state index is 0.115. The number of fused-ring (bicyclic) bond motifs is 3. The number of hydrogen-bond donors (Lipinski definition) is 0. The lowest BCUT2D eigenvalue weighted by Gasteiger charge is -2.39. The van der Waals surface area contributed by atoms with Crippen molar-refractivity contribution in [2.45, 2.75) is 6.10 Å². The van der Waals surface area contributed by atoms with Gasteiger partial charge in [-0.2, -0.15) is 0 Å². The Morgan fingerprint density at radius 3 is 2.95 bits per heavy atom. The van der Waals surface area contributed by atoms with Crippen molar-refractivity contribution >= 4 is 11.8 Å². The Labute approximate surface area is 126 Å². The van der Waals surface area contributed by atoms with Crippen LogP contribution in [0, 0.1) is 0 Å². The van der Waals surface area contributed by atoms with Crippen LogP contribution < -0.4 is 0 Å². The smallest absolute Gasteiger partial charge is 0.339 e. The van der Waals surface area contributed by atoms with Gasteiger partial charge in [0.05, 0.1) is 11.3 Å². The van der Waals surface area contributed by atoms with Crippen molar-refractivity contribution in [3.05, 3.63) is 82.3 Å². The number of allylic oxidation sites excluding steroid dienone is 6. The van der Waals surface area contributed by atoms with Crippen LogP contribution in [0.3, 0.4) is 0 Å². The summed E-state index contributed by atoms with van der Waals surface area (Å²) in [6.07, 6.45) is 14.6. The predicted octanol–water partition coefficient (Wildman–Crippen LogP) is 1.87.